The van der Waals surface area contributed by atoms with Gasteiger partial charge in [-0.3, -0.25) is 4.79 Å². The maximum absolute atomic E-state index is 12.0. The Hall–Kier alpha value is -2.74. The molecule has 0 spiro atoms. The summed E-state index contributed by atoms with van der Waals surface area (Å²) in [4.78, 5) is 23.7. The second kappa shape index (κ2) is 8.30. The standard InChI is InChI=1S/C18H21ClN2O6/c1-18(2,16(22)26-5)10-21-17(23)27-13(20-21)9-7-11-6-8-12(24-3)15(25-4)14(11)19/h6-9H,10H2,1-5H3. The zero-order valence-corrected chi connectivity index (χ0v) is 16.5. The Bertz CT molecular complexity index is 913. The highest BCUT2D eigenvalue weighted by Gasteiger charge is 2.31. The van der Waals surface area contributed by atoms with Gasteiger partial charge in [-0.15, -0.1) is 5.10 Å². The number of ether oxygens (including phenoxy) is 3. The monoisotopic (exact) mass is 396 g/mol. The van der Waals surface area contributed by atoms with Crippen LogP contribution in [0.2, 0.25) is 5.02 Å². The van der Waals surface area contributed by atoms with Gasteiger partial charge in [0.2, 0.25) is 5.89 Å². The van der Waals surface area contributed by atoms with Gasteiger partial charge in [0.1, 0.15) is 0 Å². The summed E-state index contributed by atoms with van der Waals surface area (Å²) in [5.74, 6) is -0.156. The molecule has 0 saturated heterocycles. The molecular weight excluding hydrogens is 376 g/mol. The smallest absolute Gasteiger partial charge is 0.437 e. The number of esters is 1. The van der Waals surface area contributed by atoms with Crippen molar-refractivity contribution in [1.29, 1.82) is 0 Å². The minimum absolute atomic E-state index is 0.0208. The number of rotatable bonds is 7. The predicted octanol–water partition coefficient (Wildman–Crippen LogP) is 2.88. The van der Waals surface area contributed by atoms with Gasteiger partial charge in [-0.25, -0.2) is 4.79 Å². The Morgan fingerprint density at radius 1 is 1.26 bits per heavy atom. The average Bonchev–Trinajstić information content (AvgIpc) is 2.98. The first-order valence-corrected chi connectivity index (χ1v) is 8.36. The Kier molecular flexibility index (Phi) is 6.32. The van der Waals surface area contributed by atoms with Crippen LogP contribution in [0, 0.1) is 5.41 Å². The van der Waals surface area contributed by atoms with Gasteiger partial charge < -0.3 is 18.6 Å². The van der Waals surface area contributed by atoms with E-state index in [2.05, 4.69) is 5.10 Å². The normalized spacial score (nSPS) is 11.6. The number of methoxy groups -OCH3 is 3. The highest BCUT2D eigenvalue weighted by molar-refractivity contribution is 6.33. The van der Waals surface area contributed by atoms with Crippen molar-refractivity contribution in [2.75, 3.05) is 21.3 Å². The Balaban J connectivity index is 2.27. The van der Waals surface area contributed by atoms with Crippen LogP contribution in [-0.2, 0) is 16.1 Å². The zero-order chi connectivity index (χ0) is 20.2. The number of nitrogens with zero attached hydrogens (tertiary/aromatic N) is 2. The first-order valence-electron chi connectivity index (χ1n) is 7.98. The molecule has 2 rings (SSSR count). The van der Waals surface area contributed by atoms with E-state index < -0.39 is 17.1 Å². The minimum atomic E-state index is -0.927. The van der Waals surface area contributed by atoms with Gasteiger partial charge in [-0.1, -0.05) is 11.6 Å². The Labute approximate surface area is 161 Å². The third-order valence-corrected chi connectivity index (χ3v) is 4.22. The third kappa shape index (κ3) is 4.51. The molecule has 0 atom stereocenters. The van der Waals surface area contributed by atoms with E-state index in [1.54, 1.807) is 32.1 Å². The van der Waals surface area contributed by atoms with Crippen molar-refractivity contribution in [3.63, 3.8) is 0 Å². The molecular formula is C18H21ClN2O6. The van der Waals surface area contributed by atoms with Crippen LogP contribution < -0.4 is 15.2 Å². The molecule has 0 unspecified atom stereocenters. The van der Waals surface area contributed by atoms with Gasteiger partial charge in [0, 0.05) is 6.08 Å². The van der Waals surface area contributed by atoms with Crippen molar-refractivity contribution in [2.45, 2.75) is 20.4 Å². The van der Waals surface area contributed by atoms with Gasteiger partial charge in [-0.2, -0.15) is 4.68 Å². The van der Waals surface area contributed by atoms with Crippen molar-refractivity contribution >= 4 is 29.7 Å². The molecule has 0 saturated carbocycles. The van der Waals surface area contributed by atoms with E-state index in [0.717, 1.165) is 4.68 Å². The third-order valence-electron chi connectivity index (χ3n) is 3.83. The lowest BCUT2D eigenvalue weighted by Gasteiger charge is -2.19. The SMILES string of the molecule is COC(=O)C(C)(C)Cn1nc(C=Cc2ccc(OC)c(OC)c2Cl)oc1=O. The fourth-order valence-electron chi connectivity index (χ4n) is 2.40. The highest BCUT2D eigenvalue weighted by Crippen LogP contribution is 2.37. The molecule has 0 radical (unpaired) electrons. The molecule has 0 aliphatic rings. The van der Waals surface area contributed by atoms with E-state index in [1.807, 2.05) is 0 Å². The molecule has 0 aliphatic carbocycles. The lowest BCUT2D eigenvalue weighted by molar-refractivity contribution is -0.151. The van der Waals surface area contributed by atoms with Gasteiger partial charge in [0.15, 0.2) is 11.5 Å². The topological polar surface area (TPSA) is 92.8 Å². The largest absolute Gasteiger partial charge is 0.493 e. The van der Waals surface area contributed by atoms with Crippen LogP contribution in [0.15, 0.2) is 21.3 Å². The second-order valence-electron chi connectivity index (χ2n) is 6.28. The van der Waals surface area contributed by atoms with Gasteiger partial charge in [-0.05, 0) is 37.6 Å². The predicted molar refractivity (Wildman–Crippen MR) is 100 cm³/mol. The Morgan fingerprint density at radius 3 is 2.56 bits per heavy atom. The zero-order valence-electron chi connectivity index (χ0n) is 15.7. The second-order valence-corrected chi connectivity index (χ2v) is 6.65. The maximum atomic E-state index is 12.0. The first kappa shape index (κ1) is 20.6. The van der Waals surface area contributed by atoms with Crippen LogP contribution in [0.1, 0.15) is 25.3 Å². The molecule has 9 heteroatoms. The lowest BCUT2D eigenvalue weighted by Crippen LogP contribution is -2.34. The molecule has 2 aromatic rings. The summed E-state index contributed by atoms with van der Waals surface area (Å²) < 4.78 is 21.3. The molecule has 0 fully saturated rings. The van der Waals surface area contributed by atoms with E-state index in [0.29, 0.717) is 22.1 Å². The number of halogens is 1. The highest BCUT2D eigenvalue weighted by atomic mass is 35.5. The summed E-state index contributed by atoms with van der Waals surface area (Å²) in [6, 6.07) is 3.44. The van der Waals surface area contributed by atoms with Crippen molar-refractivity contribution in [1.82, 2.24) is 9.78 Å². The number of hydrogen-bond donors (Lipinski definition) is 0. The molecule has 0 N–H and O–H groups in total. The summed E-state index contributed by atoms with van der Waals surface area (Å²) in [5.41, 5.74) is -0.301. The molecule has 1 aromatic carbocycles. The summed E-state index contributed by atoms with van der Waals surface area (Å²) in [7, 11) is 4.29. The molecule has 0 aliphatic heterocycles. The average molecular weight is 397 g/mol. The molecule has 0 bridgehead atoms. The van der Waals surface area contributed by atoms with Crippen molar-refractivity contribution < 1.29 is 23.4 Å². The van der Waals surface area contributed by atoms with Crippen LogP contribution in [0.25, 0.3) is 12.2 Å². The molecule has 1 aromatic heterocycles. The van der Waals surface area contributed by atoms with E-state index in [1.165, 1.54) is 27.4 Å². The van der Waals surface area contributed by atoms with E-state index >= 15 is 0 Å². The van der Waals surface area contributed by atoms with Gasteiger partial charge in [0.25, 0.3) is 0 Å². The quantitative estimate of drug-likeness (QED) is 0.664. The van der Waals surface area contributed by atoms with E-state index in [4.69, 9.17) is 30.2 Å². The first-order chi connectivity index (χ1) is 12.7. The number of carbonyl (C=O) groups excluding carboxylic acids is 1. The molecule has 0 amide bonds. The van der Waals surface area contributed by atoms with E-state index in [9.17, 15) is 9.59 Å². The van der Waals surface area contributed by atoms with Crippen molar-refractivity contribution in [2.24, 2.45) is 5.41 Å². The molecule has 8 nitrogen and oxygen atoms in total. The number of aromatic nitrogens is 2. The minimum Gasteiger partial charge on any atom is -0.493 e. The van der Waals surface area contributed by atoms with Crippen LogP contribution in [0.4, 0.5) is 0 Å². The number of hydrogen-bond acceptors (Lipinski definition) is 7. The van der Waals surface area contributed by atoms with Crippen LogP contribution in [0.3, 0.4) is 0 Å². The van der Waals surface area contributed by atoms with E-state index in [-0.39, 0.29) is 12.4 Å². The summed E-state index contributed by atoms with van der Waals surface area (Å²) in [6.45, 7) is 3.32. The summed E-state index contributed by atoms with van der Waals surface area (Å²) in [6.07, 6.45) is 3.13. The van der Waals surface area contributed by atoms with Crippen molar-refractivity contribution in [3.8, 4) is 11.5 Å². The van der Waals surface area contributed by atoms with Crippen LogP contribution >= 0.6 is 11.6 Å². The van der Waals surface area contributed by atoms with Crippen molar-refractivity contribution in [3.05, 3.63) is 39.2 Å². The fourth-order valence-corrected chi connectivity index (χ4v) is 2.70. The molecule has 1 heterocycles. The van der Waals surface area contributed by atoms with Crippen LogP contribution in [-0.4, -0.2) is 37.1 Å². The molecule has 146 valence electrons. The number of benzene rings is 1. The van der Waals surface area contributed by atoms with Crippen LogP contribution in [0.5, 0.6) is 11.5 Å². The Morgan fingerprint density at radius 2 is 1.96 bits per heavy atom. The summed E-state index contributed by atoms with van der Waals surface area (Å²) in [5, 5.41) is 4.43. The van der Waals surface area contributed by atoms with Gasteiger partial charge >= 0.3 is 11.7 Å². The summed E-state index contributed by atoms with van der Waals surface area (Å²) >= 11 is 6.31. The number of carbonyl (C=O) groups is 1. The molecule has 27 heavy (non-hydrogen) atoms. The fraction of sp³-hybridized carbons (Fsp3) is 0.389. The maximum Gasteiger partial charge on any atom is 0.437 e. The van der Waals surface area contributed by atoms with Gasteiger partial charge in [0.05, 0.1) is 38.3 Å². The lowest BCUT2D eigenvalue weighted by atomic mass is 9.94.